The molecule has 0 saturated heterocycles. The standard InChI is InChI=1S/C26H23N3O/c30-18-20-3-1-19(2-4-20)15-29(16-21-5-7-25-23(13-21)9-11-27-25)17-22-6-8-26-24(14-22)10-12-28-26/h1-14,18,27-28H,15-17H2. The van der Waals surface area contributed by atoms with Gasteiger partial charge in [0.05, 0.1) is 0 Å². The molecule has 2 heterocycles. The van der Waals surface area contributed by atoms with Crippen molar-refractivity contribution in [1.29, 1.82) is 0 Å². The third kappa shape index (κ3) is 3.91. The lowest BCUT2D eigenvalue weighted by atomic mass is 10.1. The van der Waals surface area contributed by atoms with E-state index in [0.717, 1.165) is 37.0 Å². The minimum atomic E-state index is 0.709. The number of nitrogens with zero attached hydrogens (tertiary/aromatic N) is 1. The van der Waals surface area contributed by atoms with Crippen molar-refractivity contribution in [2.24, 2.45) is 0 Å². The second-order valence-corrected chi connectivity index (χ2v) is 7.80. The molecule has 4 heteroatoms. The average molecular weight is 393 g/mol. The van der Waals surface area contributed by atoms with Crippen LogP contribution in [0, 0.1) is 0 Å². The molecule has 0 saturated carbocycles. The van der Waals surface area contributed by atoms with Gasteiger partial charge in [0, 0.05) is 48.6 Å². The first-order valence-corrected chi connectivity index (χ1v) is 10.2. The van der Waals surface area contributed by atoms with Crippen molar-refractivity contribution < 1.29 is 4.79 Å². The lowest BCUT2D eigenvalue weighted by molar-refractivity contribution is 0.112. The molecule has 0 fully saturated rings. The van der Waals surface area contributed by atoms with E-state index in [1.54, 1.807) is 0 Å². The van der Waals surface area contributed by atoms with E-state index in [-0.39, 0.29) is 0 Å². The van der Waals surface area contributed by atoms with Gasteiger partial charge in [-0.3, -0.25) is 9.69 Å². The normalized spacial score (nSPS) is 11.5. The Hall–Kier alpha value is -3.63. The summed E-state index contributed by atoms with van der Waals surface area (Å²) < 4.78 is 0. The van der Waals surface area contributed by atoms with Crippen molar-refractivity contribution in [3.63, 3.8) is 0 Å². The zero-order valence-corrected chi connectivity index (χ0v) is 16.6. The fourth-order valence-corrected chi connectivity index (χ4v) is 4.05. The van der Waals surface area contributed by atoms with Gasteiger partial charge < -0.3 is 9.97 Å². The summed E-state index contributed by atoms with van der Waals surface area (Å²) in [5.74, 6) is 0. The molecule has 148 valence electrons. The topological polar surface area (TPSA) is 51.9 Å². The number of aromatic nitrogens is 2. The van der Waals surface area contributed by atoms with E-state index in [4.69, 9.17) is 0 Å². The van der Waals surface area contributed by atoms with Gasteiger partial charge in [0.1, 0.15) is 6.29 Å². The van der Waals surface area contributed by atoms with Gasteiger partial charge in [0.25, 0.3) is 0 Å². The summed E-state index contributed by atoms with van der Waals surface area (Å²) in [5, 5.41) is 2.47. The number of nitrogens with one attached hydrogen (secondary N) is 2. The molecule has 0 unspecified atom stereocenters. The van der Waals surface area contributed by atoms with Crippen molar-refractivity contribution in [3.05, 3.63) is 107 Å². The van der Waals surface area contributed by atoms with Gasteiger partial charge in [-0.05, 0) is 63.9 Å². The minimum Gasteiger partial charge on any atom is -0.361 e. The minimum absolute atomic E-state index is 0.709. The highest BCUT2D eigenvalue weighted by molar-refractivity contribution is 5.80. The fraction of sp³-hybridized carbons (Fsp3) is 0.115. The van der Waals surface area contributed by atoms with E-state index in [9.17, 15) is 4.79 Å². The molecule has 2 aromatic heterocycles. The van der Waals surface area contributed by atoms with Crippen LogP contribution in [0.4, 0.5) is 0 Å². The third-order valence-corrected chi connectivity index (χ3v) is 5.57. The number of rotatable bonds is 7. The second kappa shape index (κ2) is 8.01. The number of aromatic amines is 2. The highest BCUT2D eigenvalue weighted by atomic mass is 16.1. The highest BCUT2D eigenvalue weighted by Crippen LogP contribution is 2.21. The van der Waals surface area contributed by atoms with Crippen molar-refractivity contribution in [2.75, 3.05) is 0 Å². The summed E-state index contributed by atoms with van der Waals surface area (Å²) in [4.78, 5) is 19.9. The Labute approximate surface area is 175 Å². The van der Waals surface area contributed by atoms with Gasteiger partial charge in [-0.15, -0.1) is 0 Å². The lowest BCUT2D eigenvalue weighted by Crippen LogP contribution is -2.22. The molecule has 0 amide bonds. The number of H-pyrrole nitrogens is 2. The number of fused-ring (bicyclic) bond motifs is 2. The first kappa shape index (κ1) is 18.4. The maximum absolute atomic E-state index is 11.0. The van der Waals surface area contributed by atoms with Crippen LogP contribution in [0.15, 0.2) is 85.2 Å². The summed E-state index contributed by atoms with van der Waals surface area (Å²) in [6.07, 6.45) is 4.85. The molecule has 0 radical (unpaired) electrons. The first-order valence-electron chi connectivity index (χ1n) is 10.2. The van der Waals surface area contributed by atoms with Gasteiger partial charge >= 0.3 is 0 Å². The Morgan fingerprint density at radius 3 is 1.67 bits per heavy atom. The van der Waals surface area contributed by atoms with Crippen LogP contribution >= 0.6 is 0 Å². The molecule has 0 bridgehead atoms. The Bertz CT molecular complexity index is 1220. The molecular weight excluding hydrogens is 370 g/mol. The van der Waals surface area contributed by atoms with Gasteiger partial charge in [-0.1, -0.05) is 36.4 Å². The van der Waals surface area contributed by atoms with Crippen molar-refractivity contribution in [3.8, 4) is 0 Å². The summed E-state index contributed by atoms with van der Waals surface area (Å²) in [7, 11) is 0. The molecule has 30 heavy (non-hydrogen) atoms. The fourth-order valence-electron chi connectivity index (χ4n) is 4.05. The van der Waals surface area contributed by atoms with Crippen LogP contribution in [0.5, 0.6) is 0 Å². The largest absolute Gasteiger partial charge is 0.361 e. The molecule has 5 rings (SSSR count). The van der Waals surface area contributed by atoms with Crippen LogP contribution in [0.2, 0.25) is 0 Å². The second-order valence-electron chi connectivity index (χ2n) is 7.80. The number of carbonyl (C=O) groups is 1. The SMILES string of the molecule is O=Cc1ccc(CN(Cc2ccc3[nH]ccc3c2)Cc2ccc3[nH]ccc3c2)cc1. The van der Waals surface area contributed by atoms with Gasteiger partial charge in [0.2, 0.25) is 0 Å². The average Bonchev–Trinajstić information content (AvgIpc) is 3.42. The molecule has 0 aliphatic rings. The van der Waals surface area contributed by atoms with Crippen LogP contribution in [-0.4, -0.2) is 21.2 Å². The number of aldehydes is 1. The van der Waals surface area contributed by atoms with Crippen molar-refractivity contribution in [2.45, 2.75) is 19.6 Å². The monoisotopic (exact) mass is 393 g/mol. The predicted molar refractivity (Wildman–Crippen MR) is 121 cm³/mol. The van der Waals surface area contributed by atoms with E-state index in [0.29, 0.717) is 5.56 Å². The number of carbonyl (C=O) groups excluding carboxylic acids is 1. The lowest BCUT2D eigenvalue weighted by Gasteiger charge is -2.23. The van der Waals surface area contributed by atoms with Crippen LogP contribution in [-0.2, 0) is 19.6 Å². The molecular formula is C26H23N3O. The number of benzene rings is 3. The number of hydrogen-bond acceptors (Lipinski definition) is 2. The van der Waals surface area contributed by atoms with E-state index >= 15 is 0 Å². The Kier molecular flexibility index (Phi) is 4.91. The Balaban J connectivity index is 1.42. The van der Waals surface area contributed by atoms with E-state index in [1.807, 2.05) is 36.7 Å². The zero-order valence-electron chi connectivity index (χ0n) is 16.6. The number of hydrogen-bond donors (Lipinski definition) is 2. The molecule has 3 aromatic carbocycles. The molecule has 0 atom stereocenters. The van der Waals surface area contributed by atoms with Crippen LogP contribution in [0.25, 0.3) is 21.8 Å². The summed E-state index contributed by atoms with van der Waals surface area (Å²) in [6, 6.07) is 25.3. The molecule has 2 N–H and O–H groups in total. The molecule has 5 aromatic rings. The van der Waals surface area contributed by atoms with Crippen LogP contribution in [0.3, 0.4) is 0 Å². The molecule has 0 aliphatic carbocycles. The molecule has 0 aliphatic heterocycles. The smallest absolute Gasteiger partial charge is 0.150 e. The highest BCUT2D eigenvalue weighted by Gasteiger charge is 2.10. The van der Waals surface area contributed by atoms with Crippen LogP contribution < -0.4 is 0 Å². The Morgan fingerprint density at radius 2 is 1.13 bits per heavy atom. The molecule has 0 spiro atoms. The maximum atomic E-state index is 11.0. The first-order chi connectivity index (χ1) is 14.8. The van der Waals surface area contributed by atoms with Gasteiger partial charge in [0.15, 0.2) is 0 Å². The van der Waals surface area contributed by atoms with E-state index < -0.39 is 0 Å². The van der Waals surface area contributed by atoms with Gasteiger partial charge in [-0.2, -0.15) is 0 Å². The summed E-state index contributed by atoms with van der Waals surface area (Å²) in [6.45, 7) is 2.51. The molecule has 4 nitrogen and oxygen atoms in total. The summed E-state index contributed by atoms with van der Waals surface area (Å²) >= 11 is 0. The zero-order chi connectivity index (χ0) is 20.3. The maximum Gasteiger partial charge on any atom is 0.150 e. The van der Waals surface area contributed by atoms with E-state index in [1.165, 1.54) is 27.5 Å². The van der Waals surface area contributed by atoms with Crippen molar-refractivity contribution >= 4 is 28.1 Å². The predicted octanol–water partition coefficient (Wildman–Crippen LogP) is 5.66. The van der Waals surface area contributed by atoms with Crippen LogP contribution in [0.1, 0.15) is 27.0 Å². The third-order valence-electron chi connectivity index (χ3n) is 5.57. The van der Waals surface area contributed by atoms with E-state index in [2.05, 4.69) is 63.4 Å². The Morgan fingerprint density at radius 1 is 0.633 bits per heavy atom. The van der Waals surface area contributed by atoms with Gasteiger partial charge in [-0.25, -0.2) is 0 Å². The quantitative estimate of drug-likeness (QED) is 0.350. The summed E-state index contributed by atoms with van der Waals surface area (Å²) in [5.41, 5.74) is 6.80. The van der Waals surface area contributed by atoms with Crippen molar-refractivity contribution in [1.82, 2.24) is 14.9 Å².